The van der Waals surface area contributed by atoms with Gasteiger partial charge in [-0.15, -0.1) is 0 Å². The van der Waals surface area contributed by atoms with Gasteiger partial charge >= 0.3 is 0 Å². The molecule has 152 valence electrons. The van der Waals surface area contributed by atoms with E-state index in [1.54, 1.807) is 12.1 Å². The molecule has 0 saturated heterocycles. The van der Waals surface area contributed by atoms with E-state index < -0.39 is 0 Å². The maximum absolute atomic E-state index is 13.5. The molecule has 1 fully saturated rings. The molecule has 2 aromatic heterocycles. The van der Waals surface area contributed by atoms with E-state index in [-0.39, 0.29) is 18.0 Å². The third-order valence-electron chi connectivity index (χ3n) is 5.93. The zero-order chi connectivity index (χ0) is 20.8. The molecule has 1 saturated carbocycles. The number of hydrogen-bond donors (Lipinski definition) is 1. The van der Waals surface area contributed by atoms with Crippen LogP contribution in [0.4, 0.5) is 0 Å². The van der Waals surface area contributed by atoms with E-state index >= 15 is 0 Å². The minimum atomic E-state index is -0.0540. The third-order valence-corrected chi connectivity index (χ3v) is 5.93. The van der Waals surface area contributed by atoms with Crippen LogP contribution in [0.2, 0.25) is 0 Å². The molecule has 1 atom stereocenters. The second-order valence-corrected chi connectivity index (χ2v) is 8.52. The van der Waals surface area contributed by atoms with Crippen molar-refractivity contribution < 1.29 is 4.79 Å². The molecule has 1 amide bonds. The highest BCUT2D eigenvalue weighted by Gasteiger charge is 2.37. The number of amides is 1. The fourth-order valence-electron chi connectivity index (χ4n) is 4.31. The lowest BCUT2D eigenvalue weighted by Gasteiger charge is -2.16. The zero-order valence-corrected chi connectivity index (χ0v) is 17.2. The highest BCUT2D eigenvalue weighted by molar-refractivity contribution is 5.96. The molecule has 0 unspecified atom stereocenters. The molecule has 3 aromatic rings. The molecule has 0 bridgehead atoms. The van der Waals surface area contributed by atoms with E-state index in [0.29, 0.717) is 17.2 Å². The minimum absolute atomic E-state index is 0.0540. The van der Waals surface area contributed by atoms with Crippen LogP contribution in [0.25, 0.3) is 11.3 Å². The molecule has 5 rings (SSSR count). The number of aromatic nitrogens is 4. The van der Waals surface area contributed by atoms with Gasteiger partial charge in [-0.3, -0.25) is 9.48 Å². The van der Waals surface area contributed by atoms with E-state index in [0.717, 1.165) is 48.3 Å². The number of nitriles is 1. The van der Waals surface area contributed by atoms with Gasteiger partial charge in [0.25, 0.3) is 5.91 Å². The van der Waals surface area contributed by atoms with Gasteiger partial charge in [-0.2, -0.15) is 10.4 Å². The molecular weight excluding hydrogens is 376 g/mol. The van der Waals surface area contributed by atoms with Gasteiger partial charge in [-0.25, -0.2) is 4.98 Å². The Labute approximate surface area is 175 Å². The molecule has 3 heterocycles. The number of fused-ring (bicyclic) bond motifs is 1. The second-order valence-electron chi connectivity index (χ2n) is 8.52. The lowest BCUT2D eigenvalue weighted by Crippen LogP contribution is -2.37. The van der Waals surface area contributed by atoms with Crippen LogP contribution >= 0.6 is 0 Å². The SMILES string of the molecule is CC(C)n1nc(-c2ccc(C#N)cc2)c(C2CC2)c1C(=O)N[C@H]1Cc2cncn2C1. The summed E-state index contributed by atoms with van der Waals surface area (Å²) < 4.78 is 3.96. The Balaban J connectivity index is 1.51. The van der Waals surface area contributed by atoms with Gasteiger partial charge in [0.15, 0.2) is 0 Å². The first-order valence-electron chi connectivity index (χ1n) is 10.5. The van der Waals surface area contributed by atoms with Crippen LogP contribution in [0.5, 0.6) is 0 Å². The number of nitrogens with one attached hydrogen (secondary N) is 1. The number of benzene rings is 1. The maximum atomic E-state index is 13.5. The predicted molar refractivity (Wildman–Crippen MR) is 112 cm³/mol. The van der Waals surface area contributed by atoms with E-state index in [9.17, 15) is 4.79 Å². The summed E-state index contributed by atoms with van der Waals surface area (Å²) in [7, 11) is 0. The van der Waals surface area contributed by atoms with Crippen LogP contribution in [0.3, 0.4) is 0 Å². The normalized spacial score (nSPS) is 17.7. The van der Waals surface area contributed by atoms with Crippen molar-refractivity contribution in [1.82, 2.24) is 24.6 Å². The summed E-state index contributed by atoms with van der Waals surface area (Å²) in [6, 6.07) is 9.76. The van der Waals surface area contributed by atoms with Gasteiger partial charge in [-0.1, -0.05) is 12.1 Å². The van der Waals surface area contributed by atoms with Crippen LogP contribution in [-0.4, -0.2) is 31.3 Å². The quantitative estimate of drug-likeness (QED) is 0.711. The van der Waals surface area contributed by atoms with Gasteiger partial charge in [0, 0.05) is 42.0 Å². The molecule has 30 heavy (non-hydrogen) atoms. The first-order chi connectivity index (χ1) is 14.5. The maximum Gasteiger partial charge on any atom is 0.270 e. The van der Waals surface area contributed by atoms with Gasteiger partial charge in [0.1, 0.15) is 5.69 Å². The van der Waals surface area contributed by atoms with E-state index in [1.165, 1.54) is 0 Å². The molecule has 1 aliphatic heterocycles. The molecule has 2 aliphatic rings. The van der Waals surface area contributed by atoms with E-state index in [4.69, 9.17) is 10.4 Å². The summed E-state index contributed by atoms with van der Waals surface area (Å²) in [5, 5.41) is 17.2. The minimum Gasteiger partial charge on any atom is -0.346 e. The number of carbonyl (C=O) groups is 1. The molecule has 1 aliphatic carbocycles. The van der Waals surface area contributed by atoms with Crippen LogP contribution in [0.1, 0.15) is 66.0 Å². The lowest BCUT2D eigenvalue weighted by molar-refractivity contribution is 0.0922. The number of carbonyl (C=O) groups excluding carboxylic acids is 1. The third kappa shape index (κ3) is 3.18. The topological polar surface area (TPSA) is 88.5 Å². The van der Waals surface area contributed by atoms with Crippen LogP contribution in [0, 0.1) is 11.3 Å². The van der Waals surface area contributed by atoms with Gasteiger partial charge in [0.05, 0.1) is 29.7 Å². The Morgan fingerprint density at radius 3 is 2.67 bits per heavy atom. The number of imidazole rings is 1. The molecule has 0 spiro atoms. The monoisotopic (exact) mass is 400 g/mol. The molecule has 7 nitrogen and oxygen atoms in total. The Kier molecular flexibility index (Phi) is 4.43. The zero-order valence-electron chi connectivity index (χ0n) is 17.2. The van der Waals surface area contributed by atoms with Crippen molar-refractivity contribution in [1.29, 1.82) is 5.26 Å². The average Bonchev–Trinajstić information content (AvgIpc) is 3.17. The Morgan fingerprint density at radius 1 is 1.27 bits per heavy atom. The second kappa shape index (κ2) is 7.13. The van der Waals surface area contributed by atoms with Crippen LogP contribution in [-0.2, 0) is 13.0 Å². The van der Waals surface area contributed by atoms with Crippen molar-refractivity contribution in [2.45, 2.75) is 57.7 Å². The van der Waals surface area contributed by atoms with Gasteiger partial charge < -0.3 is 9.88 Å². The van der Waals surface area contributed by atoms with Crippen molar-refractivity contribution in [2.75, 3.05) is 0 Å². The highest BCUT2D eigenvalue weighted by atomic mass is 16.2. The van der Waals surface area contributed by atoms with Crippen LogP contribution < -0.4 is 5.32 Å². The summed E-state index contributed by atoms with van der Waals surface area (Å²) in [4.78, 5) is 17.6. The Morgan fingerprint density at radius 2 is 2.03 bits per heavy atom. The average molecular weight is 400 g/mol. The smallest absolute Gasteiger partial charge is 0.270 e. The number of rotatable bonds is 5. The summed E-state index contributed by atoms with van der Waals surface area (Å²) >= 11 is 0. The number of nitrogens with zero attached hydrogens (tertiary/aromatic N) is 5. The fourth-order valence-corrected chi connectivity index (χ4v) is 4.31. The van der Waals surface area contributed by atoms with Crippen molar-refractivity contribution in [2.24, 2.45) is 0 Å². The molecule has 1 N–H and O–H groups in total. The molecule has 7 heteroatoms. The van der Waals surface area contributed by atoms with Crippen molar-refractivity contribution in [3.05, 3.63) is 59.3 Å². The van der Waals surface area contributed by atoms with Gasteiger partial charge in [0.2, 0.25) is 0 Å². The standard InChI is InChI=1S/C23H24N6O/c1-14(2)29-22(23(30)26-18-9-19-11-25-13-28(19)12-18)20(16-7-8-16)21(27-29)17-5-3-15(10-24)4-6-17/h3-6,11,13-14,16,18H,7-9,12H2,1-2H3,(H,26,30)/t18-/m0/s1. The highest BCUT2D eigenvalue weighted by Crippen LogP contribution is 2.46. The number of hydrogen-bond acceptors (Lipinski definition) is 4. The first-order valence-corrected chi connectivity index (χ1v) is 10.5. The molecule has 0 radical (unpaired) electrons. The van der Waals surface area contributed by atoms with Crippen LogP contribution in [0.15, 0.2) is 36.8 Å². The Hall–Kier alpha value is -3.40. The summed E-state index contributed by atoms with van der Waals surface area (Å²) in [5.41, 5.74) is 5.31. The summed E-state index contributed by atoms with van der Waals surface area (Å²) in [5.74, 6) is 0.312. The van der Waals surface area contributed by atoms with E-state index in [1.807, 2.05) is 29.3 Å². The molecular formula is C23H24N6O. The van der Waals surface area contributed by atoms with Crippen molar-refractivity contribution >= 4 is 5.91 Å². The van der Waals surface area contributed by atoms with Crippen molar-refractivity contribution in [3.63, 3.8) is 0 Å². The lowest BCUT2D eigenvalue weighted by atomic mass is 10.0. The predicted octanol–water partition coefficient (Wildman–Crippen LogP) is 3.43. The fraction of sp³-hybridized carbons (Fsp3) is 0.391. The summed E-state index contributed by atoms with van der Waals surface area (Å²) in [6.45, 7) is 4.85. The molecule has 1 aromatic carbocycles. The largest absolute Gasteiger partial charge is 0.346 e. The first kappa shape index (κ1) is 18.6. The van der Waals surface area contributed by atoms with Crippen molar-refractivity contribution in [3.8, 4) is 17.3 Å². The van der Waals surface area contributed by atoms with Gasteiger partial charge in [-0.05, 0) is 44.7 Å². The summed E-state index contributed by atoms with van der Waals surface area (Å²) in [6.07, 6.45) is 6.63. The van der Waals surface area contributed by atoms with E-state index in [2.05, 4.69) is 34.8 Å². The Bertz CT molecular complexity index is 1120.